The van der Waals surface area contributed by atoms with Crippen LogP contribution in [0.25, 0.3) is 6.08 Å². The lowest BCUT2D eigenvalue weighted by atomic mass is 9.85. The molecule has 0 bridgehead atoms. The number of ether oxygens (including phenoxy) is 2. The third-order valence-electron chi connectivity index (χ3n) is 14.0. The number of rotatable bonds is 15. The lowest BCUT2D eigenvalue weighted by Gasteiger charge is -2.39. The van der Waals surface area contributed by atoms with Crippen LogP contribution in [0.15, 0.2) is 65.8 Å². The maximum atomic E-state index is 14.8. The predicted octanol–water partition coefficient (Wildman–Crippen LogP) is 5.25. The van der Waals surface area contributed by atoms with Crippen LogP contribution in [-0.4, -0.2) is 123 Å². The number of piperidine rings is 1. The molecule has 8 rings (SSSR count). The van der Waals surface area contributed by atoms with Crippen LogP contribution in [0.4, 0.5) is 8.78 Å². The van der Waals surface area contributed by atoms with E-state index in [-0.39, 0.29) is 73.7 Å². The molecule has 0 spiro atoms. The summed E-state index contributed by atoms with van der Waals surface area (Å²) in [6.07, 6.45) is 12.0. The Morgan fingerprint density at radius 3 is 2.58 bits per heavy atom. The zero-order valence-corrected chi connectivity index (χ0v) is 41.0. The lowest BCUT2D eigenvalue weighted by molar-refractivity contribution is -0.150. The number of allylic oxidation sites excluding steroid dienone is 3. The molecular formula is C52H60F2N5O11P. The van der Waals surface area contributed by atoms with Gasteiger partial charge in [-0.15, -0.1) is 0 Å². The van der Waals surface area contributed by atoms with Crippen molar-refractivity contribution in [1.29, 1.82) is 0 Å². The SMILES string of the molecule is CC(C)(C)[C@H](NC(=O)C1=Cc2cc(C(F)(F)P(=O)(O)O)ccc2C1)C(=O)N1C[C@@H](OCCCCCCC#Cc2cccc3c2CN(C2CCC(=O)NC2=O)C3=O)C[C@H]1C(=O)N1CCOC(C2=CC=CC2)C1. The molecule has 3 fully saturated rings. The van der Waals surface area contributed by atoms with Gasteiger partial charge in [0.1, 0.15) is 18.1 Å². The van der Waals surface area contributed by atoms with Crippen LogP contribution in [0, 0.1) is 17.3 Å². The van der Waals surface area contributed by atoms with Crippen LogP contribution in [0.1, 0.15) is 117 Å². The highest BCUT2D eigenvalue weighted by molar-refractivity contribution is 7.52. The molecule has 4 N–H and O–H groups in total. The van der Waals surface area contributed by atoms with Gasteiger partial charge in [-0.1, -0.05) is 81.9 Å². The van der Waals surface area contributed by atoms with Crippen LogP contribution >= 0.6 is 7.60 Å². The Labute approximate surface area is 411 Å². The van der Waals surface area contributed by atoms with Gasteiger partial charge in [-0.25, -0.2) is 0 Å². The average Bonchev–Trinajstić information content (AvgIpc) is 4.16. The number of hydrogen-bond acceptors (Lipinski definition) is 9. The molecule has 71 heavy (non-hydrogen) atoms. The van der Waals surface area contributed by atoms with E-state index in [9.17, 15) is 51.9 Å². The van der Waals surface area contributed by atoms with Gasteiger partial charge in [-0.05, 0) is 77.6 Å². The van der Waals surface area contributed by atoms with Crippen molar-refractivity contribution in [1.82, 2.24) is 25.3 Å². The number of nitrogens with zero attached hydrogens (tertiary/aromatic N) is 3. The molecule has 0 saturated carbocycles. The van der Waals surface area contributed by atoms with Crippen molar-refractivity contribution < 1.29 is 61.4 Å². The Morgan fingerprint density at radius 1 is 1.06 bits per heavy atom. The third kappa shape index (κ3) is 11.3. The number of nitrogens with one attached hydrogen (secondary N) is 2. The van der Waals surface area contributed by atoms with Gasteiger partial charge in [0.2, 0.25) is 29.5 Å². The van der Waals surface area contributed by atoms with Crippen molar-refractivity contribution in [3.05, 3.63) is 99.2 Å². The van der Waals surface area contributed by atoms with Crippen LogP contribution in [0.3, 0.4) is 0 Å². The van der Waals surface area contributed by atoms with Gasteiger partial charge in [0.25, 0.3) is 5.91 Å². The molecule has 0 radical (unpaired) electrons. The summed E-state index contributed by atoms with van der Waals surface area (Å²) >= 11 is 0. The average molecular weight is 1000 g/mol. The molecule has 4 heterocycles. The fraction of sp³-hybridized carbons (Fsp3) is 0.500. The highest BCUT2D eigenvalue weighted by atomic mass is 31.2. The number of likely N-dealkylation sites (tertiary alicyclic amines) is 1. The van der Waals surface area contributed by atoms with Gasteiger partial charge >= 0.3 is 13.3 Å². The highest BCUT2D eigenvalue weighted by Crippen LogP contribution is 2.59. The maximum Gasteiger partial charge on any atom is 0.399 e. The van der Waals surface area contributed by atoms with Crippen LogP contribution in [-0.2, 0) is 56.6 Å². The number of carbonyl (C=O) groups excluding carboxylic acids is 6. The first kappa shape index (κ1) is 51.5. The minimum absolute atomic E-state index is 0.0411. The number of halogens is 2. The number of fused-ring (bicyclic) bond motifs is 2. The van der Waals surface area contributed by atoms with Gasteiger partial charge < -0.3 is 39.3 Å². The van der Waals surface area contributed by atoms with Crippen molar-refractivity contribution in [3.63, 3.8) is 0 Å². The molecule has 19 heteroatoms. The summed E-state index contributed by atoms with van der Waals surface area (Å²) in [6, 6.07) is 5.87. The van der Waals surface area contributed by atoms with Crippen LogP contribution in [0.5, 0.6) is 0 Å². The summed E-state index contributed by atoms with van der Waals surface area (Å²) in [7, 11) is -5.82. The summed E-state index contributed by atoms with van der Waals surface area (Å²) in [5.74, 6) is 4.08. The number of carbonyl (C=O) groups is 6. The summed E-state index contributed by atoms with van der Waals surface area (Å²) < 4.78 is 53.1. The van der Waals surface area contributed by atoms with E-state index in [1.54, 1.807) is 37.8 Å². The Bertz CT molecular complexity index is 2700. The molecule has 2 aromatic rings. The first-order valence-corrected chi connectivity index (χ1v) is 25.8. The Hall–Kier alpha value is -5.83. The molecule has 4 aliphatic heterocycles. The summed E-state index contributed by atoms with van der Waals surface area (Å²) in [4.78, 5) is 104. The number of unbranched alkanes of at least 4 members (excludes halogenated alkanes) is 4. The number of benzene rings is 2. The molecule has 6 aliphatic rings. The van der Waals surface area contributed by atoms with E-state index in [2.05, 4.69) is 22.5 Å². The monoisotopic (exact) mass is 999 g/mol. The summed E-state index contributed by atoms with van der Waals surface area (Å²) in [5, 5.41) is 5.21. The quantitative estimate of drug-likeness (QED) is 0.0784. The Balaban J connectivity index is 0.876. The maximum absolute atomic E-state index is 14.8. The second kappa shape index (κ2) is 21.1. The minimum atomic E-state index is -5.82. The number of morpholine rings is 1. The second-order valence-corrected chi connectivity index (χ2v) is 21.7. The number of amides is 6. The van der Waals surface area contributed by atoms with E-state index in [1.165, 1.54) is 21.9 Å². The molecule has 0 aromatic heterocycles. The van der Waals surface area contributed by atoms with E-state index in [1.807, 2.05) is 24.3 Å². The summed E-state index contributed by atoms with van der Waals surface area (Å²) in [5.41, 5.74) is -2.17. The molecule has 2 unspecified atom stereocenters. The van der Waals surface area contributed by atoms with Gasteiger partial charge in [0, 0.05) is 74.2 Å². The number of alkyl halides is 2. The smallest absolute Gasteiger partial charge is 0.376 e. The van der Waals surface area contributed by atoms with Gasteiger partial charge in [-0.3, -0.25) is 38.6 Å². The zero-order chi connectivity index (χ0) is 50.8. The number of hydrogen-bond donors (Lipinski definition) is 4. The first-order valence-electron chi connectivity index (χ1n) is 24.2. The van der Waals surface area contributed by atoms with Gasteiger partial charge in [0.05, 0.1) is 25.4 Å². The van der Waals surface area contributed by atoms with Gasteiger partial charge in [-0.2, -0.15) is 8.78 Å². The molecule has 378 valence electrons. The van der Waals surface area contributed by atoms with E-state index < -0.39 is 66.2 Å². The number of imide groups is 1. The molecule has 6 amide bonds. The van der Waals surface area contributed by atoms with Crippen molar-refractivity contribution in [3.8, 4) is 11.8 Å². The van der Waals surface area contributed by atoms with Crippen molar-refractivity contribution in [2.45, 2.75) is 128 Å². The fourth-order valence-corrected chi connectivity index (χ4v) is 10.5. The highest BCUT2D eigenvalue weighted by Gasteiger charge is 2.51. The lowest BCUT2D eigenvalue weighted by Crippen LogP contribution is -2.59. The first-order chi connectivity index (χ1) is 33.7. The van der Waals surface area contributed by atoms with Gasteiger partial charge in [0.15, 0.2) is 0 Å². The second-order valence-electron chi connectivity index (χ2n) is 20.1. The van der Waals surface area contributed by atoms with Crippen molar-refractivity contribution >= 4 is 49.1 Å². The molecule has 3 saturated heterocycles. The minimum Gasteiger partial charge on any atom is -0.376 e. The van der Waals surface area contributed by atoms with E-state index in [4.69, 9.17) is 9.47 Å². The third-order valence-corrected chi connectivity index (χ3v) is 15.0. The molecule has 2 aromatic carbocycles. The van der Waals surface area contributed by atoms with E-state index in [0.717, 1.165) is 60.9 Å². The zero-order valence-electron chi connectivity index (χ0n) is 40.1. The topological polar surface area (TPSA) is 212 Å². The normalized spacial score (nSPS) is 22.6. The van der Waals surface area contributed by atoms with E-state index in [0.29, 0.717) is 43.9 Å². The Morgan fingerprint density at radius 2 is 1.85 bits per heavy atom. The molecule has 16 nitrogen and oxygen atoms in total. The van der Waals surface area contributed by atoms with Crippen LogP contribution in [0.2, 0.25) is 0 Å². The Kier molecular flexibility index (Phi) is 15.3. The van der Waals surface area contributed by atoms with E-state index >= 15 is 0 Å². The van der Waals surface area contributed by atoms with Crippen molar-refractivity contribution in [2.24, 2.45) is 5.41 Å². The largest absolute Gasteiger partial charge is 0.399 e. The molecule has 5 atom stereocenters. The standard InChI is InChI=1S/C52H60F2N5O11P/c1-51(2,3)45(56-46(61)36-25-34-18-19-37(27-35(34)26-36)52(53,54)71(66,67)68)50(65)58-29-38(28-42(58)49(64)57-22-24-70-43(31-57)33-14-9-10-15-33)69-23-11-7-5-4-6-8-13-32-16-12-17-39-40(32)30-59(48(39)63)41-20-21-44(60)55-47(41)62/h9-10,12,14,16-19,26-27,38,41-43,45H,4-7,11,15,20-25,28-31H2,1-3H3,(H,56,61)(H,55,60,62)(H2,66,67,68)/t38-,41?,42-,43?,45+/m0/s1. The van der Waals surface area contributed by atoms with Crippen LogP contribution < -0.4 is 10.6 Å². The molecular weight excluding hydrogens is 940 g/mol. The fourth-order valence-electron chi connectivity index (χ4n) is 10.0. The predicted molar refractivity (Wildman–Crippen MR) is 256 cm³/mol. The van der Waals surface area contributed by atoms with Crippen molar-refractivity contribution in [2.75, 3.05) is 32.8 Å². The summed E-state index contributed by atoms with van der Waals surface area (Å²) in [6.45, 7) is 7.14. The molecule has 2 aliphatic carbocycles.